The largest absolute Gasteiger partial charge is 0.457 e. The summed E-state index contributed by atoms with van der Waals surface area (Å²) in [5, 5.41) is 2.86. The van der Waals surface area contributed by atoms with E-state index in [9.17, 15) is 22.8 Å². The lowest BCUT2D eigenvalue weighted by molar-refractivity contribution is -0.165. The van der Waals surface area contributed by atoms with Gasteiger partial charge in [0.15, 0.2) is 0 Å². The second-order valence-electron chi connectivity index (χ2n) is 7.42. The zero-order chi connectivity index (χ0) is 22.4. The van der Waals surface area contributed by atoms with Gasteiger partial charge in [-0.05, 0) is 56.2 Å². The first-order chi connectivity index (χ1) is 14.7. The molecule has 0 atom stereocenters. The molecule has 1 N–H and O–H groups in total. The van der Waals surface area contributed by atoms with Gasteiger partial charge in [0.1, 0.15) is 11.5 Å². The standard InChI is InChI=1S/C23H23F3N2O3/c1-16-2-6-19(7-3-16)31-20-8-4-18(5-9-20)27-22(30)17-10-13-28(14-11-17)15-12-21(29)23(24,25)26/h2-9,12,15,17H,10-11,13-14H2,1H3,(H,27,30). The number of likely N-dealkylation sites (tertiary alicyclic amines) is 1. The van der Waals surface area contributed by atoms with Gasteiger partial charge < -0.3 is 15.0 Å². The van der Waals surface area contributed by atoms with Crippen molar-refractivity contribution >= 4 is 17.4 Å². The van der Waals surface area contributed by atoms with Gasteiger partial charge in [-0.15, -0.1) is 0 Å². The van der Waals surface area contributed by atoms with Crippen molar-refractivity contribution in [2.45, 2.75) is 25.9 Å². The molecule has 0 unspecified atom stereocenters. The Labute approximate surface area is 178 Å². The van der Waals surface area contributed by atoms with Crippen LogP contribution in [-0.2, 0) is 9.59 Å². The van der Waals surface area contributed by atoms with Crippen molar-refractivity contribution in [3.05, 3.63) is 66.4 Å². The highest BCUT2D eigenvalue weighted by Crippen LogP contribution is 2.25. The number of rotatable bonds is 6. The molecular formula is C23H23F3N2O3. The fourth-order valence-corrected chi connectivity index (χ4v) is 3.17. The first-order valence-corrected chi connectivity index (χ1v) is 9.89. The molecule has 0 saturated carbocycles. The quantitative estimate of drug-likeness (QED) is 0.647. The first-order valence-electron chi connectivity index (χ1n) is 9.89. The predicted molar refractivity (Wildman–Crippen MR) is 111 cm³/mol. The minimum Gasteiger partial charge on any atom is -0.457 e. The lowest BCUT2D eigenvalue weighted by Crippen LogP contribution is -2.35. The molecule has 164 valence electrons. The van der Waals surface area contributed by atoms with Gasteiger partial charge in [0.05, 0.1) is 0 Å². The predicted octanol–water partition coefficient (Wildman–Crippen LogP) is 5.08. The van der Waals surface area contributed by atoms with E-state index in [1.54, 1.807) is 29.2 Å². The van der Waals surface area contributed by atoms with Crippen LogP contribution in [0.15, 0.2) is 60.8 Å². The van der Waals surface area contributed by atoms with Gasteiger partial charge in [-0.25, -0.2) is 0 Å². The van der Waals surface area contributed by atoms with Crippen molar-refractivity contribution in [3.8, 4) is 11.5 Å². The maximum absolute atomic E-state index is 12.5. The molecule has 1 fully saturated rings. The van der Waals surface area contributed by atoms with Crippen molar-refractivity contribution in [1.82, 2.24) is 4.90 Å². The summed E-state index contributed by atoms with van der Waals surface area (Å²) in [5.41, 5.74) is 1.78. The number of hydrogen-bond donors (Lipinski definition) is 1. The van der Waals surface area contributed by atoms with Crippen LogP contribution in [0.1, 0.15) is 18.4 Å². The van der Waals surface area contributed by atoms with Crippen LogP contribution >= 0.6 is 0 Å². The van der Waals surface area contributed by atoms with E-state index < -0.39 is 12.0 Å². The van der Waals surface area contributed by atoms with Crippen LogP contribution in [0, 0.1) is 12.8 Å². The van der Waals surface area contributed by atoms with Gasteiger partial charge in [-0.1, -0.05) is 17.7 Å². The molecule has 0 aliphatic carbocycles. The molecular weight excluding hydrogens is 409 g/mol. The molecule has 0 spiro atoms. The number of carbonyl (C=O) groups is 2. The Morgan fingerprint density at radius 1 is 1.00 bits per heavy atom. The van der Waals surface area contributed by atoms with E-state index in [4.69, 9.17) is 4.74 Å². The number of aryl methyl sites for hydroxylation is 1. The topological polar surface area (TPSA) is 58.6 Å². The van der Waals surface area contributed by atoms with E-state index in [-0.39, 0.29) is 11.8 Å². The highest BCUT2D eigenvalue weighted by molar-refractivity contribution is 5.94. The SMILES string of the molecule is Cc1ccc(Oc2ccc(NC(=O)C3CCN(C=CC(=O)C(F)(F)F)CC3)cc2)cc1. The molecule has 1 saturated heterocycles. The third-order valence-electron chi connectivity index (χ3n) is 4.99. The van der Waals surface area contributed by atoms with Gasteiger partial charge in [0, 0.05) is 37.0 Å². The smallest absolute Gasteiger partial charge is 0.454 e. The number of ketones is 1. The van der Waals surface area contributed by atoms with Crippen LogP contribution in [0.2, 0.25) is 0 Å². The summed E-state index contributed by atoms with van der Waals surface area (Å²) in [4.78, 5) is 25.0. The zero-order valence-electron chi connectivity index (χ0n) is 17.0. The second kappa shape index (κ2) is 9.68. The summed E-state index contributed by atoms with van der Waals surface area (Å²) >= 11 is 0. The van der Waals surface area contributed by atoms with Gasteiger partial charge in [0.2, 0.25) is 5.91 Å². The number of nitrogens with zero attached hydrogens (tertiary/aromatic N) is 1. The molecule has 2 aromatic carbocycles. The maximum Gasteiger partial charge on any atom is 0.454 e. The molecule has 5 nitrogen and oxygen atoms in total. The number of piperidine rings is 1. The second-order valence-corrected chi connectivity index (χ2v) is 7.42. The fraction of sp³-hybridized carbons (Fsp3) is 0.304. The Morgan fingerprint density at radius 3 is 2.10 bits per heavy atom. The lowest BCUT2D eigenvalue weighted by atomic mass is 9.96. The number of benzene rings is 2. The monoisotopic (exact) mass is 432 g/mol. The molecule has 3 rings (SSSR count). The first kappa shape index (κ1) is 22.4. The average molecular weight is 432 g/mol. The molecule has 1 amide bonds. The van der Waals surface area contributed by atoms with Crippen LogP contribution in [0.25, 0.3) is 0 Å². The molecule has 0 radical (unpaired) electrons. The van der Waals surface area contributed by atoms with Gasteiger partial charge in [0.25, 0.3) is 5.78 Å². The number of halogens is 3. The third kappa shape index (κ3) is 6.60. The van der Waals surface area contributed by atoms with Crippen LogP contribution < -0.4 is 10.1 Å². The molecule has 1 aliphatic heterocycles. The van der Waals surface area contributed by atoms with Crippen LogP contribution in [0.3, 0.4) is 0 Å². The van der Waals surface area contributed by atoms with Gasteiger partial charge >= 0.3 is 6.18 Å². The van der Waals surface area contributed by atoms with Gasteiger partial charge in [-0.3, -0.25) is 9.59 Å². The number of allylic oxidation sites excluding steroid dienone is 1. The Hall–Kier alpha value is -3.29. The summed E-state index contributed by atoms with van der Waals surface area (Å²) in [6.07, 6.45) is -2.21. The molecule has 2 aromatic rings. The van der Waals surface area contributed by atoms with Crippen LogP contribution in [0.5, 0.6) is 11.5 Å². The highest BCUT2D eigenvalue weighted by Gasteiger charge is 2.36. The normalized spacial score (nSPS) is 15.2. The van der Waals surface area contributed by atoms with E-state index in [1.807, 2.05) is 31.2 Å². The van der Waals surface area contributed by atoms with Crippen molar-refractivity contribution in [1.29, 1.82) is 0 Å². The van der Waals surface area contributed by atoms with Crippen LogP contribution in [-0.4, -0.2) is 35.9 Å². The number of carbonyl (C=O) groups excluding carboxylic acids is 2. The van der Waals surface area contributed by atoms with Crippen molar-refractivity contribution in [2.75, 3.05) is 18.4 Å². The fourth-order valence-electron chi connectivity index (χ4n) is 3.17. The molecule has 31 heavy (non-hydrogen) atoms. The summed E-state index contributed by atoms with van der Waals surface area (Å²) in [5.74, 6) is -0.897. The molecule has 0 aromatic heterocycles. The number of nitrogens with one attached hydrogen (secondary N) is 1. The van der Waals surface area contributed by atoms with Crippen LogP contribution in [0.4, 0.5) is 18.9 Å². The van der Waals surface area contributed by atoms with E-state index in [0.29, 0.717) is 43.4 Å². The Bertz CT molecular complexity index is 930. The Kier molecular flexibility index (Phi) is 6.99. The Balaban J connectivity index is 1.47. The third-order valence-corrected chi connectivity index (χ3v) is 4.99. The Morgan fingerprint density at radius 2 is 1.55 bits per heavy atom. The lowest BCUT2D eigenvalue weighted by Gasteiger charge is -2.30. The summed E-state index contributed by atoms with van der Waals surface area (Å²) in [6, 6.07) is 14.7. The zero-order valence-corrected chi connectivity index (χ0v) is 17.0. The minimum atomic E-state index is -4.87. The van der Waals surface area contributed by atoms with E-state index >= 15 is 0 Å². The number of ether oxygens (including phenoxy) is 1. The summed E-state index contributed by atoms with van der Waals surface area (Å²) in [6.45, 7) is 2.81. The summed E-state index contributed by atoms with van der Waals surface area (Å²) in [7, 11) is 0. The number of alkyl halides is 3. The van der Waals surface area contributed by atoms with Crippen molar-refractivity contribution in [3.63, 3.8) is 0 Å². The van der Waals surface area contributed by atoms with Gasteiger partial charge in [-0.2, -0.15) is 13.2 Å². The number of amides is 1. The van der Waals surface area contributed by atoms with E-state index in [0.717, 1.165) is 17.5 Å². The molecule has 0 bridgehead atoms. The average Bonchev–Trinajstić information content (AvgIpc) is 2.74. The van der Waals surface area contributed by atoms with E-state index in [1.165, 1.54) is 0 Å². The minimum absolute atomic E-state index is 0.137. The number of anilines is 1. The maximum atomic E-state index is 12.5. The number of hydrogen-bond acceptors (Lipinski definition) is 4. The van der Waals surface area contributed by atoms with Crippen molar-refractivity contribution in [2.24, 2.45) is 5.92 Å². The molecule has 8 heteroatoms. The van der Waals surface area contributed by atoms with E-state index in [2.05, 4.69) is 5.32 Å². The van der Waals surface area contributed by atoms with Crippen molar-refractivity contribution < 1.29 is 27.5 Å². The summed E-state index contributed by atoms with van der Waals surface area (Å²) < 4.78 is 42.5. The molecule has 1 heterocycles. The molecule has 1 aliphatic rings. The highest BCUT2D eigenvalue weighted by atomic mass is 19.4.